The lowest BCUT2D eigenvalue weighted by Crippen LogP contribution is -2.58. The van der Waals surface area contributed by atoms with E-state index in [1.165, 1.54) is 24.3 Å². The van der Waals surface area contributed by atoms with Gasteiger partial charge in [0.2, 0.25) is 10.0 Å². The van der Waals surface area contributed by atoms with Crippen LogP contribution in [0.4, 0.5) is 14.5 Å². The van der Waals surface area contributed by atoms with Crippen molar-refractivity contribution >= 4 is 15.7 Å². The van der Waals surface area contributed by atoms with Crippen LogP contribution in [0.25, 0.3) is 0 Å². The smallest absolute Gasteiger partial charge is 0.275 e. The van der Waals surface area contributed by atoms with Crippen molar-refractivity contribution in [2.24, 2.45) is 0 Å². The molecule has 0 bridgehead atoms. The highest BCUT2D eigenvalue weighted by Gasteiger charge is 2.49. The molecule has 2 N–H and O–H groups in total. The van der Waals surface area contributed by atoms with Crippen LogP contribution in [0, 0.1) is 0 Å². The summed E-state index contributed by atoms with van der Waals surface area (Å²) in [4.78, 5) is -0.0528. The van der Waals surface area contributed by atoms with E-state index in [4.69, 9.17) is 5.73 Å². The topological polar surface area (TPSA) is 63.4 Å². The fourth-order valence-corrected chi connectivity index (χ4v) is 3.02. The fraction of sp³-hybridized carbons (Fsp3) is 0.333. The van der Waals surface area contributed by atoms with Gasteiger partial charge in [-0.05, 0) is 18.2 Å². The summed E-state index contributed by atoms with van der Waals surface area (Å²) >= 11 is 0. The third kappa shape index (κ3) is 1.88. The van der Waals surface area contributed by atoms with E-state index in [1.54, 1.807) is 0 Å². The Bertz CT molecular complexity index is 508. The largest absolute Gasteiger partial charge is 0.399 e. The first-order valence-corrected chi connectivity index (χ1v) is 5.99. The summed E-state index contributed by atoms with van der Waals surface area (Å²) in [5.74, 6) is -2.91. The van der Waals surface area contributed by atoms with Gasteiger partial charge in [-0.25, -0.2) is 17.2 Å². The standard InChI is InChI=1S/C9H10F2N2O2S/c10-9(11)5-13(6-9)16(14,15)8-3-1-2-7(12)4-8/h1-4H,5-6,12H2. The fourth-order valence-electron chi connectivity index (χ4n) is 1.46. The normalized spacial score (nSPS) is 20.4. The summed E-state index contributed by atoms with van der Waals surface area (Å²) in [6.45, 7) is -1.52. The molecule has 0 unspecified atom stereocenters. The molecular formula is C9H10F2N2O2S. The van der Waals surface area contributed by atoms with Crippen LogP contribution in [0.2, 0.25) is 0 Å². The number of nitrogens with zero attached hydrogens (tertiary/aromatic N) is 1. The number of nitrogens with two attached hydrogens (primary N) is 1. The van der Waals surface area contributed by atoms with Crippen LogP contribution in [-0.2, 0) is 10.0 Å². The van der Waals surface area contributed by atoms with E-state index < -0.39 is 29.0 Å². The molecule has 1 heterocycles. The van der Waals surface area contributed by atoms with Gasteiger partial charge in [-0.15, -0.1) is 0 Å². The van der Waals surface area contributed by atoms with Crippen LogP contribution in [0.1, 0.15) is 0 Å². The third-order valence-electron chi connectivity index (χ3n) is 2.31. The molecule has 1 fully saturated rings. The first-order valence-electron chi connectivity index (χ1n) is 4.55. The molecule has 1 aliphatic rings. The number of hydrogen-bond donors (Lipinski definition) is 1. The van der Waals surface area contributed by atoms with Crippen molar-refractivity contribution in [3.8, 4) is 0 Å². The molecule has 1 saturated heterocycles. The first-order chi connectivity index (χ1) is 7.31. The van der Waals surface area contributed by atoms with Crippen LogP contribution in [0.3, 0.4) is 0 Å². The van der Waals surface area contributed by atoms with Crippen molar-refractivity contribution in [1.82, 2.24) is 4.31 Å². The maximum atomic E-state index is 12.6. The summed E-state index contributed by atoms with van der Waals surface area (Å²) in [5, 5.41) is 0. The summed E-state index contributed by atoms with van der Waals surface area (Å²) in [5.41, 5.74) is 5.72. The van der Waals surface area contributed by atoms with Crippen LogP contribution in [-0.4, -0.2) is 31.7 Å². The molecule has 0 atom stereocenters. The second-order valence-electron chi connectivity index (χ2n) is 3.70. The molecule has 16 heavy (non-hydrogen) atoms. The Morgan fingerprint density at radius 2 is 1.94 bits per heavy atom. The second kappa shape index (κ2) is 3.39. The van der Waals surface area contributed by atoms with E-state index >= 15 is 0 Å². The van der Waals surface area contributed by atoms with Crippen molar-refractivity contribution in [3.63, 3.8) is 0 Å². The van der Waals surface area contributed by atoms with Crippen LogP contribution in [0.5, 0.6) is 0 Å². The average Bonchev–Trinajstić information content (AvgIpc) is 2.14. The predicted octanol–water partition coefficient (Wildman–Crippen LogP) is 0.908. The monoisotopic (exact) mass is 248 g/mol. The van der Waals surface area contributed by atoms with Crippen molar-refractivity contribution in [3.05, 3.63) is 24.3 Å². The summed E-state index contributed by atoms with van der Waals surface area (Å²) in [7, 11) is -3.82. The van der Waals surface area contributed by atoms with Crippen molar-refractivity contribution in [2.75, 3.05) is 18.8 Å². The number of benzene rings is 1. The van der Waals surface area contributed by atoms with E-state index in [0.717, 1.165) is 4.31 Å². The zero-order valence-corrected chi connectivity index (χ0v) is 9.05. The lowest BCUT2D eigenvalue weighted by molar-refractivity contribution is -0.0945. The number of alkyl halides is 2. The zero-order chi connectivity index (χ0) is 12.0. The van der Waals surface area contributed by atoms with Crippen molar-refractivity contribution in [1.29, 1.82) is 0 Å². The molecule has 1 aromatic rings. The Morgan fingerprint density at radius 3 is 2.44 bits per heavy atom. The lowest BCUT2D eigenvalue weighted by Gasteiger charge is -2.37. The molecule has 4 nitrogen and oxygen atoms in total. The van der Waals surface area contributed by atoms with Gasteiger partial charge in [-0.2, -0.15) is 4.31 Å². The SMILES string of the molecule is Nc1cccc(S(=O)(=O)N2CC(F)(F)C2)c1. The molecule has 0 radical (unpaired) electrons. The highest BCUT2D eigenvalue weighted by atomic mass is 32.2. The second-order valence-corrected chi connectivity index (χ2v) is 5.64. The van der Waals surface area contributed by atoms with Gasteiger partial charge in [0.05, 0.1) is 18.0 Å². The number of nitrogen functional groups attached to an aromatic ring is 1. The minimum Gasteiger partial charge on any atom is -0.399 e. The predicted molar refractivity (Wildman–Crippen MR) is 54.6 cm³/mol. The van der Waals surface area contributed by atoms with Crippen molar-refractivity contribution in [2.45, 2.75) is 10.8 Å². The van der Waals surface area contributed by atoms with Crippen LogP contribution < -0.4 is 5.73 Å². The van der Waals surface area contributed by atoms with E-state index in [1.807, 2.05) is 0 Å². The maximum Gasteiger partial charge on any atom is 0.275 e. The number of hydrogen-bond acceptors (Lipinski definition) is 3. The molecule has 88 valence electrons. The van der Waals surface area contributed by atoms with Crippen molar-refractivity contribution < 1.29 is 17.2 Å². The van der Waals surface area contributed by atoms with Crippen LogP contribution in [0.15, 0.2) is 29.2 Å². The van der Waals surface area contributed by atoms with E-state index in [2.05, 4.69) is 0 Å². The number of rotatable bonds is 2. The molecule has 0 aliphatic carbocycles. The van der Waals surface area contributed by atoms with Gasteiger partial charge in [0.25, 0.3) is 5.92 Å². The molecule has 1 aliphatic heterocycles. The Balaban J connectivity index is 2.28. The molecular weight excluding hydrogens is 238 g/mol. The van der Waals surface area contributed by atoms with E-state index in [0.29, 0.717) is 0 Å². The molecule has 0 aromatic heterocycles. The van der Waals surface area contributed by atoms with Gasteiger partial charge in [0.15, 0.2) is 0 Å². The highest BCUT2D eigenvalue weighted by Crippen LogP contribution is 2.32. The van der Waals surface area contributed by atoms with Crippen LogP contribution >= 0.6 is 0 Å². The van der Waals surface area contributed by atoms with Gasteiger partial charge in [0.1, 0.15) is 0 Å². The summed E-state index contributed by atoms with van der Waals surface area (Å²) < 4.78 is 49.5. The van der Waals surface area contributed by atoms with Gasteiger partial charge in [0, 0.05) is 5.69 Å². The van der Waals surface area contributed by atoms with E-state index in [-0.39, 0.29) is 10.6 Å². The average molecular weight is 248 g/mol. The number of sulfonamides is 1. The Hall–Kier alpha value is -1.21. The van der Waals surface area contributed by atoms with Gasteiger partial charge < -0.3 is 5.73 Å². The van der Waals surface area contributed by atoms with E-state index in [9.17, 15) is 17.2 Å². The van der Waals surface area contributed by atoms with Gasteiger partial charge in [-0.3, -0.25) is 0 Å². The highest BCUT2D eigenvalue weighted by molar-refractivity contribution is 7.89. The Labute approximate surface area is 91.7 Å². The third-order valence-corrected chi connectivity index (χ3v) is 4.10. The quantitative estimate of drug-likeness (QED) is 0.791. The lowest BCUT2D eigenvalue weighted by atomic mass is 10.2. The number of halogens is 2. The Morgan fingerprint density at radius 1 is 1.31 bits per heavy atom. The summed E-state index contributed by atoms with van der Waals surface area (Å²) in [6.07, 6.45) is 0. The minimum atomic E-state index is -3.82. The van der Waals surface area contributed by atoms with Gasteiger partial charge in [-0.1, -0.05) is 6.07 Å². The maximum absolute atomic E-state index is 12.6. The van der Waals surface area contributed by atoms with Gasteiger partial charge >= 0.3 is 0 Å². The molecule has 0 spiro atoms. The minimum absolute atomic E-state index is 0.0528. The molecule has 2 rings (SSSR count). The molecule has 0 saturated carbocycles. The Kier molecular flexibility index (Phi) is 2.39. The first kappa shape index (κ1) is 11.3. The summed E-state index contributed by atoms with van der Waals surface area (Å²) in [6, 6.07) is 5.60. The molecule has 1 aromatic carbocycles. The number of anilines is 1. The zero-order valence-electron chi connectivity index (χ0n) is 8.23. The molecule has 0 amide bonds. The molecule has 7 heteroatoms.